The maximum absolute atomic E-state index is 13.7. The van der Waals surface area contributed by atoms with Gasteiger partial charge in [0.05, 0.1) is 16.6 Å². The molecule has 4 rings (SSSR count). The van der Waals surface area contributed by atoms with E-state index in [1.54, 1.807) is 7.05 Å². The molecule has 1 aliphatic rings. The van der Waals surface area contributed by atoms with Gasteiger partial charge in [-0.1, -0.05) is 0 Å². The van der Waals surface area contributed by atoms with Gasteiger partial charge in [-0.2, -0.15) is 13.2 Å². The van der Waals surface area contributed by atoms with E-state index in [2.05, 4.69) is 20.7 Å². The van der Waals surface area contributed by atoms with Gasteiger partial charge in [-0.15, -0.1) is 5.10 Å². The highest BCUT2D eigenvalue weighted by molar-refractivity contribution is 5.96. The summed E-state index contributed by atoms with van der Waals surface area (Å²) in [6.45, 7) is 3.56. The molecule has 1 aliphatic heterocycles. The fraction of sp³-hybridized carbons (Fsp3) is 0.391. The number of ether oxygens (including phenoxy) is 2. The second kappa shape index (κ2) is 9.53. The fourth-order valence-electron chi connectivity index (χ4n) is 3.94. The summed E-state index contributed by atoms with van der Waals surface area (Å²) >= 11 is 0. The molecular formula is C23H24F3N5O4. The Bertz CT molecular complexity index is 1280. The summed E-state index contributed by atoms with van der Waals surface area (Å²) in [6.07, 6.45) is -4.24. The number of aromatic nitrogens is 3. The van der Waals surface area contributed by atoms with Gasteiger partial charge in [-0.05, 0) is 56.5 Å². The largest absolute Gasteiger partial charge is 0.466 e. The summed E-state index contributed by atoms with van der Waals surface area (Å²) in [4.78, 5) is 29.0. The molecule has 35 heavy (non-hydrogen) atoms. The van der Waals surface area contributed by atoms with Crippen molar-refractivity contribution in [2.75, 3.05) is 23.8 Å². The lowest BCUT2D eigenvalue weighted by molar-refractivity contribution is -0.137. The first-order chi connectivity index (χ1) is 16.5. The van der Waals surface area contributed by atoms with Gasteiger partial charge in [0.15, 0.2) is 12.3 Å². The third-order valence-electron chi connectivity index (χ3n) is 5.52. The predicted molar refractivity (Wildman–Crippen MR) is 121 cm³/mol. The van der Waals surface area contributed by atoms with Crippen LogP contribution in [0.2, 0.25) is 0 Å². The van der Waals surface area contributed by atoms with Crippen molar-refractivity contribution in [1.82, 2.24) is 14.8 Å². The van der Waals surface area contributed by atoms with Gasteiger partial charge in [0.1, 0.15) is 6.10 Å². The van der Waals surface area contributed by atoms with Crippen molar-refractivity contribution in [3.63, 3.8) is 0 Å². The Labute approximate surface area is 198 Å². The van der Waals surface area contributed by atoms with E-state index < -0.39 is 42.0 Å². The van der Waals surface area contributed by atoms with Crippen LogP contribution < -0.4 is 15.4 Å². The smallest absolute Gasteiger partial charge is 0.418 e. The van der Waals surface area contributed by atoms with E-state index in [9.17, 15) is 22.8 Å². The zero-order valence-corrected chi connectivity index (χ0v) is 19.3. The molecular weight excluding hydrogens is 467 g/mol. The quantitative estimate of drug-likeness (QED) is 0.544. The molecule has 3 aromatic rings. The van der Waals surface area contributed by atoms with E-state index in [1.807, 2.05) is 19.9 Å². The Hall–Kier alpha value is -3.67. The number of nitrogens with zero attached hydrogens (tertiary/aromatic N) is 3. The van der Waals surface area contributed by atoms with Crippen molar-refractivity contribution < 1.29 is 32.2 Å². The Balaban J connectivity index is 1.48. The van der Waals surface area contributed by atoms with Crippen molar-refractivity contribution in [2.24, 2.45) is 7.05 Å². The number of halogens is 3. The van der Waals surface area contributed by atoms with Gasteiger partial charge in [0.25, 0.3) is 11.8 Å². The number of alkyl halides is 3. The first-order valence-corrected chi connectivity index (χ1v) is 10.9. The van der Waals surface area contributed by atoms with E-state index >= 15 is 0 Å². The van der Waals surface area contributed by atoms with Gasteiger partial charge in [-0.25, -0.2) is 9.67 Å². The standard InChI is InChI=1S/C23H24F3N5O4/c1-12-9-13(2)27-20-19(12)22(30-31(20)3)35-11-18(32)29-16-7-6-14(10-15(16)23(24,25)26)28-21(33)17-5-4-8-34-17/h6-7,9-10,17H,4-5,8,11H2,1-3H3,(H,28,33)(H,29,32). The average Bonchev–Trinajstić information content (AvgIpc) is 3.41. The number of nitrogens with one attached hydrogen (secondary N) is 2. The molecule has 1 atom stereocenters. The van der Waals surface area contributed by atoms with Crippen LogP contribution >= 0.6 is 0 Å². The molecule has 0 spiro atoms. The Morgan fingerprint density at radius 1 is 1.23 bits per heavy atom. The van der Waals surface area contributed by atoms with Crippen LogP contribution in [0, 0.1) is 13.8 Å². The molecule has 0 aliphatic carbocycles. The van der Waals surface area contributed by atoms with Crippen LogP contribution in [0.15, 0.2) is 24.3 Å². The SMILES string of the molecule is Cc1cc(C)c2c(OCC(=O)Nc3ccc(NC(=O)C4CCCO4)cc3C(F)(F)F)nn(C)c2n1. The van der Waals surface area contributed by atoms with Crippen LogP contribution in [0.25, 0.3) is 11.0 Å². The zero-order chi connectivity index (χ0) is 25.3. The number of carbonyl (C=O) groups excluding carboxylic acids is 2. The maximum atomic E-state index is 13.7. The predicted octanol–water partition coefficient (Wildman–Crippen LogP) is 3.74. The topological polar surface area (TPSA) is 107 Å². The molecule has 3 heterocycles. The monoisotopic (exact) mass is 491 g/mol. The Kier molecular flexibility index (Phi) is 6.66. The van der Waals surface area contributed by atoms with E-state index in [-0.39, 0.29) is 11.6 Å². The molecule has 2 amide bonds. The van der Waals surface area contributed by atoms with Crippen molar-refractivity contribution in [2.45, 2.75) is 39.0 Å². The van der Waals surface area contributed by atoms with Crippen LogP contribution in [-0.4, -0.2) is 45.9 Å². The molecule has 1 aromatic carbocycles. The lowest BCUT2D eigenvalue weighted by Crippen LogP contribution is -2.27. The highest BCUT2D eigenvalue weighted by Gasteiger charge is 2.35. The molecule has 2 aromatic heterocycles. The summed E-state index contributed by atoms with van der Waals surface area (Å²) in [5, 5.41) is 9.50. The molecule has 0 saturated carbocycles. The number of pyridine rings is 1. The van der Waals surface area contributed by atoms with E-state index in [1.165, 1.54) is 10.7 Å². The number of anilines is 2. The molecule has 186 valence electrons. The fourth-order valence-corrected chi connectivity index (χ4v) is 3.94. The van der Waals surface area contributed by atoms with Crippen LogP contribution in [0.4, 0.5) is 24.5 Å². The number of aryl methyl sites for hydroxylation is 3. The van der Waals surface area contributed by atoms with Crippen molar-refractivity contribution in [1.29, 1.82) is 0 Å². The van der Waals surface area contributed by atoms with Crippen molar-refractivity contribution >= 4 is 34.2 Å². The van der Waals surface area contributed by atoms with Crippen LogP contribution in [-0.2, 0) is 27.5 Å². The third kappa shape index (κ3) is 5.37. The first kappa shape index (κ1) is 24.5. The minimum atomic E-state index is -4.77. The van der Waals surface area contributed by atoms with Gasteiger partial charge >= 0.3 is 6.18 Å². The number of carbonyl (C=O) groups is 2. The minimum absolute atomic E-state index is 0.0506. The normalized spacial score (nSPS) is 15.9. The van der Waals surface area contributed by atoms with Gasteiger partial charge in [-0.3, -0.25) is 9.59 Å². The Morgan fingerprint density at radius 2 is 2.00 bits per heavy atom. The second-order valence-corrected chi connectivity index (χ2v) is 8.29. The number of amides is 2. The third-order valence-corrected chi connectivity index (χ3v) is 5.52. The van der Waals surface area contributed by atoms with Crippen molar-refractivity contribution in [3.8, 4) is 5.88 Å². The zero-order valence-electron chi connectivity index (χ0n) is 19.3. The van der Waals surface area contributed by atoms with E-state index in [0.717, 1.165) is 23.4 Å². The van der Waals surface area contributed by atoms with Gasteiger partial charge < -0.3 is 20.1 Å². The molecule has 1 saturated heterocycles. The molecule has 0 bridgehead atoms. The molecule has 9 nitrogen and oxygen atoms in total. The van der Waals surface area contributed by atoms with E-state index in [4.69, 9.17) is 9.47 Å². The van der Waals surface area contributed by atoms with Gasteiger partial charge in [0.2, 0.25) is 5.88 Å². The van der Waals surface area contributed by atoms with Crippen LogP contribution in [0.5, 0.6) is 5.88 Å². The van der Waals surface area contributed by atoms with Crippen LogP contribution in [0.1, 0.15) is 29.7 Å². The lowest BCUT2D eigenvalue weighted by Gasteiger charge is -2.17. The average molecular weight is 491 g/mol. The van der Waals surface area contributed by atoms with Gasteiger partial charge in [0, 0.05) is 25.0 Å². The number of hydrogen-bond donors (Lipinski definition) is 2. The summed E-state index contributed by atoms with van der Waals surface area (Å²) in [7, 11) is 1.68. The maximum Gasteiger partial charge on any atom is 0.418 e. The van der Waals surface area contributed by atoms with Crippen LogP contribution in [0.3, 0.4) is 0 Å². The number of fused-ring (bicyclic) bond motifs is 1. The molecule has 2 N–H and O–H groups in total. The summed E-state index contributed by atoms with van der Waals surface area (Å²) in [5.41, 5.74) is 0.590. The Morgan fingerprint density at radius 3 is 2.69 bits per heavy atom. The lowest BCUT2D eigenvalue weighted by atomic mass is 10.1. The number of benzene rings is 1. The summed E-state index contributed by atoms with van der Waals surface area (Å²) in [5.74, 6) is -1.16. The highest BCUT2D eigenvalue weighted by Crippen LogP contribution is 2.37. The molecule has 1 fully saturated rings. The van der Waals surface area contributed by atoms with Crippen molar-refractivity contribution in [3.05, 3.63) is 41.1 Å². The number of hydrogen-bond acceptors (Lipinski definition) is 6. The minimum Gasteiger partial charge on any atom is -0.466 e. The number of rotatable bonds is 6. The molecule has 1 unspecified atom stereocenters. The summed E-state index contributed by atoms with van der Waals surface area (Å²) in [6, 6.07) is 4.97. The first-order valence-electron chi connectivity index (χ1n) is 10.9. The molecule has 12 heteroatoms. The second-order valence-electron chi connectivity index (χ2n) is 8.29. The summed E-state index contributed by atoms with van der Waals surface area (Å²) < 4.78 is 53.3. The van der Waals surface area contributed by atoms with E-state index in [0.29, 0.717) is 30.5 Å². The molecule has 0 radical (unpaired) electrons. The highest BCUT2D eigenvalue weighted by atomic mass is 19.4.